The monoisotopic (exact) mass is 311 g/mol. The molecule has 0 aliphatic heterocycles. The van der Waals surface area contributed by atoms with Crippen molar-refractivity contribution in [1.29, 1.82) is 0 Å². The number of benzene rings is 1. The van der Waals surface area contributed by atoms with Crippen LogP contribution in [0, 0.1) is 0 Å². The first-order chi connectivity index (χ1) is 11.2. The van der Waals surface area contributed by atoms with Crippen molar-refractivity contribution in [1.82, 2.24) is 5.32 Å². The Morgan fingerprint density at radius 3 is 2.87 bits per heavy atom. The normalized spacial score (nSPS) is 16.3. The zero-order valence-corrected chi connectivity index (χ0v) is 13.2. The van der Waals surface area contributed by atoms with E-state index in [0.29, 0.717) is 6.54 Å². The molecule has 1 aromatic rings. The predicted octanol–water partition coefficient (Wildman–Crippen LogP) is 3.61. The summed E-state index contributed by atoms with van der Waals surface area (Å²) >= 11 is 0. The maximum Gasteiger partial charge on any atom is 0.407 e. The molecular weight excluding hydrogens is 290 g/mol. The van der Waals surface area contributed by atoms with Gasteiger partial charge >= 0.3 is 6.09 Å². The number of carbonyl (C=O) groups is 2. The summed E-state index contributed by atoms with van der Waals surface area (Å²) < 4.78 is 5.33. The van der Waals surface area contributed by atoms with E-state index in [-0.39, 0.29) is 18.9 Å². The molecule has 1 atom stereocenters. The first-order valence-corrected chi connectivity index (χ1v) is 7.65. The number of rotatable bonds is 7. The summed E-state index contributed by atoms with van der Waals surface area (Å²) in [6.45, 7) is 6.41. The topological polar surface area (TPSA) is 55.4 Å². The van der Waals surface area contributed by atoms with E-state index in [2.05, 4.69) is 18.0 Å². The second-order valence-electron chi connectivity index (χ2n) is 5.19. The Morgan fingerprint density at radius 1 is 1.39 bits per heavy atom. The van der Waals surface area contributed by atoms with Crippen LogP contribution < -0.4 is 5.32 Å². The summed E-state index contributed by atoms with van der Waals surface area (Å²) in [6.07, 6.45) is 6.40. The molecule has 23 heavy (non-hydrogen) atoms. The number of alkyl carbamates (subject to hydrolysis) is 1. The Kier molecular flexibility index (Phi) is 5.92. The van der Waals surface area contributed by atoms with E-state index in [1.165, 1.54) is 0 Å². The highest BCUT2D eigenvalue weighted by Gasteiger charge is 2.29. The zero-order chi connectivity index (χ0) is 16.7. The molecule has 1 N–H and O–H groups in total. The van der Waals surface area contributed by atoms with Gasteiger partial charge in [-0.1, -0.05) is 49.1 Å². The second kappa shape index (κ2) is 8.13. The summed E-state index contributed by atoms with van der Waals surface area (Å²) in [6, 6.07) is 8.08. The molecule has 4 heteroatoms. The molecule has 1 aliphatic carbocycles. The fraction of sp³-hybridized carbons (Fsp3) is 0.263. The standard InChI is InChI=1S/C19H21NO3/c1-3-8-15-14(4-2)16-9-5-6-10-17(16)18(15)13-23-19(22)20-11-7-12-21/h3-6,8-10,12,18H,2,7,11,13H2,1H3,(H,20,22)/b8-3-. The SMILES string of the molecule is C=CC1=C(/C=C\C)C(COC(=O)NCCC=O)c2ccccc21. The molecule has 0 aromatic heterocycles. The van der Waals surface area contributed by atoms with Crippen LogP contribution in [0.25, 0.3) is 5.57 Å². The molecule has 0 spiro atoms. The van der Waals surface area contributed by atoms with Crippen LogP contribution in [0.4, 0.5) is 4.79 Å². The Morgan fingerprint density at radius 2 is 2.17 bits per heavy atom. The van der Waals surface area contributed by atoms with Gasteiger partial charge in [-0.15, -0.1) is 0 Å². The van der Waals surface area contributed by atoms with E-state index in [9.17, 15) is 9.59 Å². The average molecular weight is 311 g/mol. The third-order valence-electron chi connectivity index (χ3n) is 3.78. The highest BCUT2D eigenvalue weighted by Crippen LogP contribution is 2.43. The lowest BCUT2D eigenvalue weighted by atomic mass is 9.96. The van der Waals surface area contributed by atoms with Gasteiger partial charge in [-0.25, -0.2) is 4.79 Å². The van der Waals surface area contributed by atoms with Gasteiger partial charge in [0.25, 0.3) is 0 Å². The Balaban J connectivity index is 2.16. The quantitative estimate of drug-likeness (QED) is 0.618. The summed E-state index contributed by atoms with van der Waals surface area (Å²) in [5.41, 5.74) is 4.44. The third kappa shape index (κ3) is 3.77. The van der Waals surface area contributed by atoms with Gasteiger partial charge in [-0.05, 0) is 29.2 Å². The Hall–Kier alpha value is -2.62. The number of hydrogen-bond donors (Lipinski definition) is 1. The van der Waals surface area contributed by atoms with Gasteiger partial charge in [-0.2, -0.15) is 0 Å². The van der Waals surface area contributed by atoms with Crippen LogP contribution in [0.2, 0.25) is 0 Å². The average Bonchev–Trinajstić information content (AvgIpc) is 2.86. The highest BCUT2D eigenvalue weighted by molar-refractivity contribution is 5.86. The van der Waals surface area contributed by atoms with Gasteiger partial charge in [0.2, 0.25) is 0 Å². The maximum absolute atomic E-state index is 11.7. The lowest BCUT2D eigenvalue weighted by Crippen LogP contribution is -2.27. The number of ether oxygens (including phenoxy) is 1. The first-order valence-electron chi connectivity index (χ1n) is 7.65. The van der Waals surface area contributed by atoms with E-state index in [1.54, 1.807) is 0 Å². The van der Waals surface area contributed by atoms with Crippen molar-refractivity contribution in [2.75, 3.05) is 13.2 Å². The predicted molar refractivity (Wildman–Crippen MR) is 91.1 cm³/mol. The number of amides is 1. The smallest absolute Gasteiger partial charge is 0.407 e. The van der Waals surface area contributed by atoms with E-state index >= 15 is 0 Å². The fourth-order valence-electron chi connectivity index (χ4n) is 2.79. The molecule has 0 heterocycles. The van der Waals surface area contributed by atoms with Crippen LogP contribution in [-0.4, -0.2) is 25.5 Å². The van der Waals surface area contributed by atoms with Gasteiger partial charge in [0, 0.05) is 18.9 Å². The number of aldehydes is 1. The Bertz CT molecular complexity index is 658. The number of nitrogens with one attached hydrogen (secondary N) is 1. The lowest BCUT2D eigenvalue weighted by molar-refractivity contribution is -0.107. The number of fused-ring (bicyclic) bond motifs is 1. The first kappa shape index (κ1) is 16.7. The number of carbonyl (C=O) groups excluding carboxylic acids is 2. The summed E-state index contributed by atoms with van der Waals surface area (Å²) in [7, 11) is 0. The molecule has 1 aromatic carbocycles. The van der Waals surface area contributed by atoms with Crippen molar-refractivity contribution in [3.05, 3.63) is 65.8 Å². The molecule has 0 saturated heterocycles. The molecule has 0 radical (unpaired) electrons. The minimum atomic E-state index is -0.504. The van der Waals surface area contributed by atoms with Gasteiger partial charge in [0.05, 0.1) is 0 Å². The van der Waals surface area contributed by atoms with Crippen LogP contribution in [0.15, 0.2) is 54.6 Å². The van der Waals surface area contributed by atoms with Crippen LogP contribution in [0.1, 0.15) is 30.4 Å². The number of hydrogen-bond acceptors (Lipinski definition) is 3. The van der Waals surface area contributed by atoms with Crippen molar-refractivity contribution in [3.8, 4) is 0 Å². The van der Waals surface area contributed by atoms with Gasteiger partial charge < -0.3 is 14.8 Å². The van der Waals surface area contributed by atoms with E-state index in [0.717, 1.165) is 28.6 Å². The van der Waals surface area contributed by atoms with Crippen molar-refractivity contribution < 1.29 is 14.3 Å². The molecule has 120 valence electrons. The maximum atomic E-state index is 11.7. The van der Waals surface area contributed by atoms with Crippen LogP contribution in [0.5, 0.6) is 0 Å². The molecule has 0 fully saturated rings. The van der Waals surface area contributed by atoms with Crippen molar-refractivity contribution in [2.24, 2.45) is 0 Å². The summed E-state index contributed by atoms with van der Waals surface area (Å²) in [4.78, 5) is 22.0. The molecular formula is C19H21NO3. The molecule has 2 rings (SSSR count). The molecule has 1 aliphatic rings. The molecule has 1 amide bonds. The lowest BCUT2D eigenvalue weighted by Gasteiger charge is -2.15. The van der Waals surface area contributed by atoms with Crippen LogP contribution >= 0.6 is 0 Å². The van der Waals surface area contributed by atoms with E-state index in [4.69, 9.17) is 4.74 Å². The highest BCUT2D eigenvalue weighted by atomic mass is 16.5. The molecule has 1 unspecified atom stereocenters. The second-order valence-corrected chi connectivity index (χ2v) is 5.19. The van der Waals surface area contributed by atoms with Crippen LogP contribution in [0.3, 0.4) is 0 Å². The van der Waals surface area contributed by atoms with Gasteiger partial charge in [-0.3, -0.25) is 0 Å². The van der Waals surface area contributed by atoms with Gasteiger partial charge in [0.1, 0.15) is 12.9 Å². The van der Waals surface area contributed by atoms with E-state index < -0.39 is 6.09 Å². The summed E-state index contributed by atoms with van der Waals surface area (Å²) in [5, 5.41) is 2.56. The molecule has 0 bridgehead atoms. The van der Waals surface area contributed by atoms with Crippen LogP contribution in [-0.2, 0) is 9.53 Å². The number of allylic oxidation sites excluding steroid dienone is 4. The minimum absolute atomic E-state index is 0.00720. The van der Waals surface area contributed by atoms with Crippen molar-refractivity contribution >= 4 is 18.0 Å². The van der Waals surface area contributed by atoms with E-state index in [1.807, 2.05) is 43.4 Å². The molecule has 0 saturated carbocycles. The Labute approximate surface area is 136 Å². The largest absolute Gasteiger partial charge is 0.449 e. The minimum Gasteiger partial charge on any atom is -0.449 e. The molecule has 4 nitrogen and oxygen atoms in total. The zero-order valence-electron chi connectivity index (χ0n) is 13.2. The summed E-state index contributed by atoms with van der Waals surface area (Å²) in [5.74, 6) is -0.00720. The van der Waals surface area contributed by atoms with Gasteiger partial charge in [0.15, 0.2) is 0 Å². The fourth-order valence-corrected chi connectivity index (χ4v) is 2.79. The van der Waals surface area contributed by atoms with Crippen molar-refractivity contribution in [2.45, 2.75) is 19.3 Å². The third-order valence-corrected chi connectivity index (χ3v) is 3.78. The van der Waals surface area contributed by atoms with Crippen molar-refractivity contribution in [3.63, 3.8) is 0 Å².